The molecule has 27 heavy (non-hydrogen) atoms. The Morgan fingerprint density at radius 1 is 0.963 bits per heavy atom. The van der Waals surface area contributed by atoms with Crippen molar-refractivity contribution >= 4 is 17.2 Å². The van der Waals surface area contributed by atoms with E-state index in [0.29, 0.717) is 0 Å². The third-order valence-electron chi connectivity index (χ3n) is 4.60. The van der Waals surface area contributed by atoms with Crippen molar-refractivity contribution in [1.29, 1.82) is 0 Å². The van der Waals surface area contributed by atoms with Crippen molar-refractivity contribution in [3.8, 4) is 0 Å². The van der Waals surface area contributed by atoms with E-state index in [4.69, 9.17) is 11.6 Å². The van der Waals surface area contributed by atoms with Crippen LogP contribution in [0.2, 0.25) is 5.02 Å². The summed E-state index contributed by atoms with van der Waals surface area (Å²) < 4.78 is 0. The minimum atomic E-state index is -0.272. The van der Waals surface area contributed by atoms with Crippen LogP contribution in [0.4, 0.5) is 0 Å². The molecule has 0 spiro atoms. The van der Waals surface area contributed by atoms with Gasteiger partial charge in [-0.1, -0.05) is 93.0 Å². The number of aromatic amines is 1. The Kier molecular flexibility index (Phi) is 5.67. The minimum Gasteiger partial charge on any atom is -0.321 e. The predicted molar refractivity (Wildman–Crippen MR) is 114 cm³/mol. The first kappa shape index (κ1) is 19.2. The molecular formula is C24H24ClNO. The summed E-state index contributed by atoms with van der Waals surface area (Å²) in [5.74, 6) is 0. The minimum absolute atomic E-state index is 0.0982. The van der Waals surface area contributed by atoms with Crippen LogP contribution in [0.3, 0.4) is 0 Å². The Balaban J connectivity index is 2.03. The number of hydrogen-bond donors (Lipinski definition) is 1. The van der Waals surface area contributed by atoms with E-state index >= 15 is 0 Å². The maximum atomic E-state index is 12.0. The van der Waals surface area contributed by atoms with Crippen LogP contribution in [-0.4, -0.2) is 4.98 Å². The monoisotopic (exact) mass is 377 g/mol. The lowest BCUT2D eigenvalue weighted by Gasteiger charge is -2.19. The summed E-state index contributed by atoms with van der Waals surface area (Å²) in [5, 5.41) is 0.198. The van der Waals surface area contributed by atoms with Crippen molar-refractivity contribution < 1.29 is 0 Å². The number of hydrogen-bond acceptors (Lipinski definition) is 1. The molecule has 0 saturated heterocycles. The molecule has 0 bridgehead atoms. The maximum Gasteiger partial charge on any atom is 0.267 e. The Morgan fingerprint density at radius 3 is 2.22 bits per heavy atom. The van der Waals surface area contributed by atoms with Gasteiger partial charge in [0, 0.05) is 11.3 Å². The van der Waals surface area contributed by atoms with Gasteiger partial charge in [-0.05, 0) is 40.7 Å². The van der Waals surface area contributed by atoms with Gasteiger partial charge in [0.1, 0.15) is 5.02 Å². The molecule has 1 heterocycles. The molecule has 0 radical (unpaired) electrons. The molecule has 3 rings (SSSR count). The summed E-state index contributed by atoms with van der Waals surface area (Å²) in [4.78, 5) is 14.9. The van der Waals surface area contributed by atoms with Gasteiger partial charge in [-0.25, -0.2) is 0 Å². The van der Waals surface area contributed by atoms with Gasteiger partial charge in [0.05, 0.1) is 0 Å². The molecule has 0 aliphatic heterocycles. The van der Waals surface area contributed by atoms with Gasteiger partial charge in [0.2, 0.25) is 0 Å². The predicted octanol–water partition coefficient (Wildman–Crippen LogP) is 6.00. The molecule has 0 unspecified atom stereocenters. The number of halogens is 1. The van der Waals surface area contributed by atoms with Crippen molar-refractivity contribution in [2.75, 3.05) is 0 Å². The van der Waals surface area contributed by atoms with Crippen LogP contribution < -0.4 is 5.56 Å². The van der Waals surface area contributed by atoms with Crippen LogP contribution in [0.5, 0.6) is 0 Å². The van der Waals surface area contributed by atoms with Gasteiger partial charge in [-0.3, -0.25) is 4.79 Å². The maximum absolute atomic E-state index is 12.0. The molecule has 3 aromatic rings. The molecule has 0 fully saturated rings. The average Bonchev–Trinajstić information content (AvgIpc) is 2.65. The number of benzene rings is 2. The zero-order valence-corrected chi connectivity index (χ0v) is 16.7. The van der Waals surface area contributed by atoms with Gasteiger partial charge in [0.25, 0.3) is 5.56 Å². The molecule has 0 aliphatic carbocycles. The zero-order chi connectivity index (χ0) is 19.4. The van der Waals surface area contributed by atoms with Crippen molar-refractivity contribution in [2.24, 2.45) is 0 Å². The highest BCUT2D eigenvalue weighted by molar-refractivity contribution is 6.30. The van der Waals surface area contributed by atoms with Crippen molar-refractivity contribution in [1.82, 2.24) is 4.98 Å². The second-order valence-corrected chi connectivity index (χ2v) is 8.09. The quantitative estimate of drug-likeness (QED) is 0.594. The lowest BCUT2D eigenvalue weighted by Crippen LogP contribution is -2.11. The lowest BCUT2D eigenvalue weighted by atomic mass is 9.86. The highest BCUT2D eigenvalue weighted by Gasteiger charge is 2.14. The van der Waals surface area contributed by atoms with Crippen LogP contribution in [0.25, 0.3) is 5.57 Å². The highest BCUT2D eigenvalue weighted by Crippen LogP contribution is 2.27. The number of nitrogens with one attached hydrogen (secondary N) is 1. The van der Waals surface area contributed by atoms with Crippen LogP contribution in [0.1, 0.15) is 43.2 Å². The number of allylic oxidation sites excluding steroid dienone is 1. The molecule has 138 valence electrons. The molecule has 2 aromatic carbocycles. The average molecular weight is 378 g/mol. The van der Waals surface area contributed by atoms with Crippen LogP contribution in [0, 0.1) is 0 Å². The van der Waals surface area contributed by atoms with Crippen LogP contribution in [0.15, 0.2) is 77.6 Å². The van der Waals surface area contributed by atoms with Crippen LogP contribution >= 0.6 is 11.6 Å². The SMILES string of the molecule is CC(C)(C)c1ccc(/C(=C/Cc2ccccc2)c2ccc(Cl)c(=O)[nH]2)cc1. The van der Waals surface area contributed by atoms with E-state index in [-0.39, 0.29) is 16.0 Å². The van der Waals surface area contributed by atoms with Gasteiger partial charge >= 0.3 is 0 Å². The van der Waals surface area contributed by atoms with E-state index in [1.807, 2.05) is 24.3 Å². The molecule has 0 saturated carbocycles. The standard InChI is InChI=1S/C24H24ClNO/c1-24(2,3)19-12-10-18(11-13-19)20(14-9-17-7-5-4-6-8-17)22-16-15-21(25)23(27)26-22/h4-8,10-16H,9H2,1-3H3,(H,26,27)/b20-14-. The van der Waals surface area contributed by atoms with E-state index in [2.05, 4.69) is 68.2 Å². The van der Waals surface area contributed by atoms with E-state index in [0.717, 1.165) is 23.3 Å². The smallest absolute Gasteiger partial charge is 0.267 e. The normalized spacial score (nSPS) is 12.2. The first-order chi connectivity index (χ1) is 12.8. The fraction of sp³-hybridized carbons (Fsp3) is 0.208. The highest BCUT2D eigenvalue weighted by atomic mass is 35.5. The third-order valence-corrected chi connectivity index (χ3v) is 4.90. The molecule has 1 aromatic heterocycles. The molecule has 3 heteroatoms. The van der Waals surface area contributed by atoms with Crippen molar-refractivity contribution in [3.63, 3.8) is 0 Å². The zero-order valence-electron chi connectivity index (χ0n) is 15.9. The van der Waals surface area contributed by atoms with Gasteiger partial charge in [-0.2, -0.15) is 0 Å². The lowest BCUT2D eigenvalue weighted by molar-refractivity contribution is 0.590. The third kappa shape index (κ3) is 4.78. The molecule has 0 aliphatic rings. The van der Waals surface area contributed by atoms with Gasteiger partial charge < -0.3 is 4.98 Å². The number of aromatic nitrogens is 1. The fourth-order valence-electron chi connectivity index (χ4n) is 2.98. The second-order valence-electron chi connectivity index (χ2n) is 7.68. The molecule has 2 nitrogen and oxygen atoms in total. The van der Waals surface area contributed by atoms with Crippen molar-refractivity contribution in [3.05, 3.63) is 111 Å². The summed E-state index contributed by atoms with van der Waals surface area (Å²) >= 11 is 5.91. The number of pyridine rings is 1. The van der Waals surface area contributed by atoms with Crippen LogP contribution in [-0.2, 0) is 11.8 Å². The second kappa shape index (κ2) is 7.98. The summed E-state index contributed by atoms with van der Waals surface area (Å²) in [6.45, 7) is 6.60. The Labute approximate surface area is 165 Å². The number of H-pyrrole nitrogens is 1. The fourth-order valence-corrected chi connectivity index (χ4v) is 3.09. The Hall–Kier alpha value is -2.58. The van der Waals surface area contributed by atoms with E-state index < -0.39 is 0 Å². The first-order valence-electron chi connectivity index (χ1n) is 9.09. The Bertz CT molecular complexity index is 993. The molecular weight excluding hydrogens is 354 g/mol. The van der Waals surface area contributed by atoms with E-state index in [1.54, 1.807) is 6.07 Å². The van der Waals surface area contributed by atoms with E-state index in [9.17, 15) is 4.79 Å². The topological polar surface area (TPSA) is 32.9 Å². The summed E-state index contributed by atoms with van der Waals surface area (Å²) in [6, 6.07) is 22.3. The first-order valence-corrected chi connectivity index (χ1v) is 9.46. The summed E-state index contributed by atoms with van der Waals surface area (Å²) in [5.41, 5.74) is 5.15. The largest absolute Gasteiger partial charge is 0.321 e. The van der Waals surface area contributed by atoms with E-state index in [1.165, 1.54) is 11.1 Å². The molecule has 0 atom stereocenters. The Morgan fingerprint density at radius 2 is 1.63 bits per heavy atom. The summed E-state index contributed by atoms with van der Waals surface area (Å²) in [7, 11) is 0. The summed E-state index contributed by atoms with van der Waals surface area (Å²) in [6.07, 6.45) is 2.93. The van der Waals surface area contributed by atoms with Gasteiger partial charge in [-0.15, -0.1) is 0 Å². The van der Waals surface area contributed by atoms with Crippen molar-refractivity contribution in [2.45, 2.75) is 32.6 Å². The molecule has 1 N–H and O–H groups in total. The molecule has 0 amide bonds. The number of rotatable bonds is 4. The van der Waals surface area contributed by atoms with Gasteiger partial charge in [0.15, 0.2) is 0 Å².